The van der Waals surface area contributed by atoms with Crippen LogP contribution in [0.4, 0.5) is 5.82 Å². The molecule has 1 saturated heterocycles. The molecule has 2 nitrogen and oxygen atoms in total. The summed E-state index contributed by atoms with van der Waals surface area (Å²) >= 11 is 23.4. The maximum Gasteiger partial charge on any atom is 0.216 e. The number of hydrogen-bond donors (Lipinski definition) is 0. The third-order valence-electron chi connectivity index (χ3n) is 2.54. The van der Waals surface area contributed by atoms with E-state index >= 15 is 0 Å². The van der Waals surface area contributed by atoms with Crippen LogP contribution in [0.1, 0.15) is 18.4 Å². The molecule has 16 heavy (non-hydrogen) atoms. The molecule has 0 spiro atoms. The summed E-state index contributed by atoms with van der Waals surface area (Å²) in [5.41, 5.74) is 0.555. The smallest absolute Gasteiger partial charge is 0.216 e. The molecule has 1 aromatic heterocycles. The van der Waals surface area contributed by atoms with Gasteiger partial charge in [-0.2, -0.15) is 0 Å². The van der Waals surface area contributed by atoms with Gasteiger partial charge in [0.25, 0.3) is 0 Å². The lowest BCUT2D eigenvalue weighted by molar-refractivity contribution is 0.933. The van der Waals surface area contributed by atoms with Gasteiger partial charge in [0.2, 0.25) is 3.79 Å². The minimum absolute atomic E-state index is 0.353. The summed E-state index contributed by atoms with van der Waals surface area (Å²) < 4.78 is -1.46. The van der Waals surface area contributed by atoms with Gasteiger partial charge in [-0.3, -0.25) is 0 Å². The fourth-order valence-corrected chi connectivity index (χ4v) is 2.29. The zero-order valence-electron chi connectivity index (χ0n) is 8.39. The molecule has 0 bridgehead atoms. The first-order valence-corrected chi connectivity index (χ1v) is 6.48. The molecule has 2 heterocycles. The van der Waals surface area contributed by atoms with Crippen molar-refractivity contribution in [2.45, 2.75) is 16.6 Å². The molecular weight excluding hydrogens is 290 g/mol. The van der Waals surface area contributed by atoms with Gasteiger partial charge in [0.15, 0.2) is 0 Å². The van der Waals surface area contributed by atoms with E-state index in [-0.39, 0.29) is 0 Å². The molecule has 0 aromatic carbocycles. The van der Waals surface area contributed by atoms with E-state index in [9.17, 15) is 0 Å². The van der Waals surface area contributed by atoms with E-state index in [0.29, 0.717) is 10.7 Å². The van der Waals surface area contributed by atoms with Crippen LogP contribution in [0.2, 0.25) is 5.15 Å². The quantitative estimate of drug-likeness (QED) is 0.572. The second-order valence-corrected chi connectivity index (χ2v) is 6.40. The number of rotatable bonds is 1. The summed E-state index contributed by atoms with van der Waals surface area (Å²) in [6.45, 7) is 1.96. The molecule has 1 aromatic rings. The van der Waals surface area contributed by atoms with E-state index in [1.54, 1.807) is 12.1 Å². The highest BCUT2D eigenvalue weighted by Gasteiger charge is 2.25. The average Bonchev–Trinajstić information content (AvgIpc) is 2.68. The van der Waals surface area contributed by atoms with Crippen LogP contribution < -0.4 is 4.90 Å². The third-order valence-corrected chi connectivity index (χ3v) is 3.39. The van der Waals surface area contributed by atoms with Crippen LogP contribution in [0.15, 0.2) is 12.1 Å². The summed E-state index contributed by atoms with van der Waals surface area (Å²) in [5.74, 6) is 0.784. The van der Waals surface area contributed by atoms with Crippen LogP contribution in [0.3, 0.4) is 0 Å². The predicted molar refractivity (Wildman–Crippen MR) is 69.9 cm³/mol. The van der Waals surface area contributed by atoms with Gasteiger partial charge in [-0.15, -0.1) is 0 Å². The van der Waals surface area contributed by atoms with E-state index in [2.05, 4.69) is 9.88 Å². The topological polar surface area (TPSA) is 16.1 Å². The van der Waals surface area contributed by atoms with Crippen molar-refractivity contribution in [2.75, 3.05) is 18.0 Å². The minimum Gasteiger partial charge on any atom is -0.357 e. The number of hydrogen-bond acceptors (Lipinski definition) is 2. The van der Waals surface area contributed by atoms with Crippen molar-refractivity contribution in [1.82, 2.24) is 4.98 Å². The third kappa shape index (κ3) is 2.86. The Morgan fingerprint density at radius 1 is 1.12 bits per heavy atom. The number of nitrogens with zero attached hydrogens (tertiary/aromatic N) is 2. The summed E-state index contributed by atoms with van der Waals surface area (Å²) in [4.78, 5) is 6.39. The van der Waals surface area contributed by atoms with Crippen LogP contribution in [0.5, 0.6) is 0 Å². The SMILES string of the molecule is Clc1cc(C(Cl)(Cl)Cl)cc(N2CCCC2)n1. The van der Waals surface area contributed by atoms with Crippen LogP contribution in [0, 0.1) is 0 Å². The number of pyridine rings is 1. The first-order valence-electron chi connectivity index (χ1n) is 4.96. The molecule has 1 fully saturated rings. The van der Waals surface area contributed by atoms with Crippen LogP contribution in [0.25, 0.3) is 0 Å². The highest BCUT2D eigenvalue weighted by atomic mass is 35.6. The van der Waals surface area contributed by atoms with Gasteiger partial charge >= 0.3 is 0 Å². The van der Waals surface area contributed by atoms with Crippen molar-refractivity contribution < 1.29 is 0 Å². The summed E-state index contributed by atoms with van der Waals surface area (Å²) in [6.07, 6.45) is 2.33. The molecule has 0 N–H and O–H groups in total. The van der Waals surface area contributed by atoms with Crippen LogP contribution in [-0.4, -0.2) is 18.1 Å². The van der Waals surface area contributed by atoms with Gasteiger partial charge in [0, 0.05) is 18.7 Å². The maximum atomic E-state index is 5.92. The Balaban J connectivity index is 2.35. The zero-order chi connectivity index (χ0) is 11.8. The first kappa shape index (κ1) is 12.6. The van der Waals surface area contributed by atoms with E-state index in [1.165, 1.54) is 0 Å². The Labute approximate surface area is 114 Å². The predicted octanol–water partition coefficient (Wildman–Crippen LogP) is 4.16. The lowest BCUT2D eigenvalue weighted by atomic mass is 10.3. The Bertz CT molecular complexity index is 383. The highest BCUT2D eigenvalue weighted by molar-refractivity contribution is 6.66. The summed E-state index contributed by atoms with van der Waals surface area (Å²) in [6, 6.07) is 3.36. The molecule has 0 saturated carbocycles. The van der Waals surface area contributed by atoms with E-state index in [4.69, 9.17) is 46.4 Å². The Kier molecular flexibility index (Phi) is 3.75. The summed E-state index contributed by atoms with van der Waals surface area (Å²) in [7, 11) is 0. The lowest BCUT2D eigenvalue weighted by Gasteiger charge is -2.19. The van der Waals surface area contributed by atoms with E-state index < -0.39 is 3.79 Å². The molecule has 0 unspecified atom stereocenters. The monoisotopic (exact) mass is 298 g/mol. The van der Waals surface area contributed by atoms with Crippen molar-refractivity contribution >= 4 is 52.2 Å². The standard InChI is InChI=1S/C10H10Cl4N2/c11-8-5-7(10(12,13)14)6-9(15-8)16-3-1-2-4-16/h5-6H,1-4H2. The normalized spacial score (nSPS) is 16.9. The van der Waals surface area contributed by atoms with Crippen molar-refractivity contribution in [3.05, 3.63) is 22.8 Å². The summed E-state index contributed by atoms with van der Waals surface area (Å²) in [5, 5.41) is 0.353. The van der Waals surface area contributed by atoms with Crippen molar-refractivity contribution in [3.8, 4) is 0 Å². The molecule has 1 aliphatic rings. The van der Waals surface area contributed by atoms with Crippen molar-refractivity contribution in [2.24, 2.45) is 0 Å². The maximum absolute atomic E-state index is 5.92. The number of aromatic nitrogens is 1. The molecule has 1 aliphatic heterocycles. The fraction of sp³-hybridized carbons (Fsp3) is 0.500. The largest absolute Gasteiger partial charge is 0.357 e. The molecule has 0 aliphatic carbocycles. The first-order chi connectivity index (χ1) is 7.47. The number of anilines is 1. The van der Waals surface area contributed by atoms with Gasteiger partial charge in [0.05, 0.1) is 0 Å². The molecule has 0 atom stereocenters. The second kappa shape index (κ2) is 4.77. The molecule has 2 rings (SSSR count). The molecule has 6 heteroatoms. The van der Waals surface area contributed by atoms with Crippen molar-refractivity contribution in [1.29, 1.82) is 0 Å². The van der Waals surface area contributed by atoms with Gasteiger partial charge < -0.3 is 4.90 Å². The average molecular weight is 300 g/mol. The van der Waals surface area contributed by atoms with Gasteiger partial charge in [-0.05, 0) is 25.0 Å². The van der Waals surface area contributed by atoms with Crippen molar-refractivity contribution in [3.63, 3.8) is 0 Å². The molecule has 0 amide bonds. The molecular formula is C10H10Cl4N2. The zero-order valence-corrected chi connectivity index (χ0v) is 11.4. The fourth-order valence-electron chi connectivity index (χ4n) is 1.75. The second-order valence-electron chi connectivity index (χ2n) is 3.73. The Morgan fingerprint density at radius 3 is 2.31 bits per heavy atom. The Morgan fingerprint density at radius 2 is 1.75 bits per heavy atom. The van der Waals surface area contributed by atoms with Crippen LogP contribution >= 0.6 is 46.4 Å². The van der Waals surface area contributed by atoms with E-state index in [0.717, 1.165) is 31.7 Å². The van der Waals surface area contributed by atoms with Crippen LogP contribution in [-0.2, 0) is 3.79 Å². The highest BCUT2D eigenvalue weighted by Crippen LogP contribution is 2.40. The Hall–Kier alpha value is 0.110. The molecule has 0 radical (unpaired) electrons. The van der Waals surface area contributed by atoms with Gasteiger partial charge in [0.1, 0.15) is 11.0 Å². The number of alkyl halides is 3. The van der Waals surface area contributed by atoms with Gasteiger partial charge in [-0.25, -0.2) is 4.98 Å². The minimum atomic E-state index is -1.46. The lowest BCUT2D eigenvalue weighted by Crippen LogP contribution is -2.19. The molecule has 88 valence electrons. The van der Waals surface area contributed by atoms with E-state index in [1.807, 2.05) is 0 Å². The van der Waals surface area contributed by atoms with Gasteiger partial charge in [-0.1, -0.05) is 46.4 Å². The number of halogens is 4.